The van der Waals surface area contributed by atoms with Gasteiger partial charge in [0.1, 0.15) is 12.4 Å². The van der Waals surface area contributed by atoms with Gasteiger partial charge in [0.25, 0.3) is 0 Å². The topological polar surface area (TPSA) is 65.3 Å². The summed E-state index contributed by atoms with van der Waals surface area (Å²) in [6.07, 6.45) is 0.235. The van der Waals surface area contributed by atoms with Crippen LogP contribution in [0.2, 0.25) is 5.02 Å². The fourth-order valence-electron chi connectivity index (χ4n) is 2.99. The third kappa shape index (κ3) is 4.52. The maximum Gasteiger partial charge on any atom is 0.329 e. The standard InChI is InChI=1S/C20H22ClN3O3/c1-2-23-17-5-3-4-6-18(17)24(20(23)26)13-11-19(25)22-12-14-27-16-9-7-15(21)8-10-16/h3-10H,2,11-14H2,1H3,(H,22,25). The van der Waals surface area contributed by atoms with Gasteiger partial charge in [-0.2, -0.15) is 0 Å². The van der Waals surface area contributed by atoms with E-state index in [4.69, 9.17) is 16.3 Å². The van der Waals surface area contributed by atoms with Gasteiger partial charge in [-0.25, -0.2) is 4.79 Å². The van der Waals surface area contributed by atoms with Crippen LogP contribution in [0.3, 0.4) is 0 Å². The highest BCUT2D eigenvalue weighted by Crippen LogP contribution is 2.15. The molecule has 3 aromatic rings. The van der Waals surface area contributed by atoms with E-state index in [1.807, 2.05) is 31.2 Å². The second-order valence-electron chi connectivity index (χ2n) is 6.07. The Labute approximate surface area is 162 Å². The molecule has 27 heavy (non-hydrogen) atoms. The Balaban J connectivity index is 1.51. The number of amides is 1. The molecule has 0 fully saturated rings. The van der Waals surface area contributed by atoms with Gasteiger partial charge in [-0.15, -0.1) is 0 Å². The minimum Gasteiger partial charge on any atom is -0.492 e. The Morgan fingerprint density at radius 3 is 2.41 bits per heavy atom. The van der Waals surface area contributed by atoms with Crippen molar-refractivity contribution >= 4 is 28.5 Å². The van der Waals surface area contributed by atoms with E-state index in [-0.39, 0.29) is 18.0 Å². The SMILES string of the molecule is CCn1c(=O)n(CCC(=O)NCCOc2ccc(Cl)cc2)c2ccccc21. The van der Waals surface area contributed by atoms with Crippen LogP contribution < -0.4 is 15.7 Å². The van der Waals surface area contributed by atoms with E-state index in [9.17, 15) is 9.59 Å². The van der Waals surface area contributed by atoms with Gasteiger partial charge in [0.15, 0.2) is 0 Å². The summed E-state index contributed by atoms with van der Waals surface area (Å²) in [7, 11) is 0. The van der Waals surface area contributed by atoms with Crippen LogP contribution in [0.25, 0.3) is 11.0 Å². The lowest BCUT2D eigenvalue weighted by Crippen LogP contribution is -2.30. The maximum absolute atomic E-state index is 12.5. The smallest absolute Gasteiger partial charge is 0.329 e. The number of aromatic nitrogens is 2. The summed E-state index contributed by atoms with van der Waals surface area (Å²) in [5, 5.41) is 3.46. The molecule has 2 aromatic carbocycles. The van der Waals surface area contributed by atoms with Gasteiger partial charge in [0.05, 0.1) is 17.6 Å². The van der Waals surface area contributed by atoms with Crippen LogP contribution in [-0.2, 0) is 17.9 Å². The minimum atomic E-state index is -0.116. The van der Waals surface area contributed by atoms with Crippen molar-refractivity contribution in [2.24, 2.45) is 0 Å². The normalized spacial score (nSPS) is 10.9. The van der Waals surface area contributed by atoms with E-state index in [0.29, 0.717) is 37.0 Å². The third-order valence-corrected chi connectivity index (χ3v) is 4.56. The first-order chi connectivity index (χ1) is 13.1. The Hall–Kier alpha value is -2.73. The van der Waals surface area contributed by atoms with E-state index in [1.165, 1.54) is 0 Å². The molecule has 1 N–H and O–H groups in total. The third-order valence-electron chi connectivity index (χ3n) is 4.31. The number of hydrogen-bond acceptors (Lipinski definition) is 3. The fraction of sp³-hybridized carbons (Fsp3) is 0.300. The summed E-state index contributed by atoms with van der Waals surface area (Å²) in [6, 6.07) is 14.7. The zero-order valence-corrected chi connectivity index (χ0v) is 15.9. The molecule has 0 saturated heterocycles. The number of rotatable bonds is 8. The molecule has 1 heterocycles. The molecule has 1 amide bonds. The number of hydrogen-bond donors (Lipinski definition) is 1. The van der Waals surface area contributed by atoms with Crippen molar-refractivity contribution in [3.05, 3.63) is 64.0 Å². The molecule has 0 spiro atoms. The molecule has 0 aliphatic carbocycles. The molecule has 0 radical (unpaired) electrons. The van der Waals surface area contributed by atoms with Gasteiger partial charge >= 0.3 is 5.69 Å². The summed E-state index contributed by atoms with van der Waals surface area (Å²) in [4.78, 5) is 24.6. The molecule has 0 aliphatic heterocycles. The lowest BCUT2D eigenvalue weighted by atomic mass is 10.3. The number of aryl methyl sites for hydroxylation is 2. The van der Waals surface area contributed by atoms with Crippen LogP contribution in [0.4, 0.5) is 0 Å². The molecule has 7 heteroatoms. The number of nitrogens with zero attached hydrogens (tertiary/aromatic N) is 2. The van der Waals surface area contributed by atoms with Crippen molar-refractivity contribution in [1.29, 1.82) is 0 Å². The molecular weight excluding hydrogens is 366 g/mol. The van der Waals surface area contributed by atoms with E-state index >= 15 is 0 Å². The van der Waals surface area contributed by atoms with Crippen molar-refractivity contribution in [3.63, 3.8) is 0 Å². The summed E-state index contributed by atoms with van der Waals surface area (Å²) >= 11 is 5.82. The van der Waals surface area contributed by atoms with Crippen LogP contribution >= 0.6 is 11.6 Å². The summed E-state index contributed by atoms with van der Waals surface area (Å²) in [6.45, 7) is 3.64. The Bertz CT molecular complexity index is 976. The van der Waals surface area contributed by atoms with Gasteiger partial charge < -0.3 is 10.1 Å². The number of carbonyl (C=O) groups excluding carboxylic acids is 1. The van der Waals surface area contributed by atoms with E-state index in [2.05, 4.69) is 5.32 Å². The highest BCUT2D eigenvalue weighted by Gasteiger charge is 2.12. The quantitative estimate of drug-likeness (QED) is 0.604. The monoisotopic (exact) mass is 387 g/mol. The predicted molar refractivity (Wildman–Crippen MR) is 106 cm³/mol. The second-order valence-corrected chi connectivity index (χ2v) is 6.51. The number of nitrogens with one attached hydrogen (secondary N) is 1. The predicted octanol–water partition coefficient (Wildman–Crippen LogP) is 3.06. The first-order valence-electron chi connectivity index (χ1n) is 8.93. The number of fused-ring (bicyclic) bond motifs is 1. The number of para-hydroxylation sites is 2. The number of halogens is 1. The number of imidazole rings is 1. The van der Waals surface area contributed by atoms with Crippen molar-refractivity contribution in [2.75, 3.05) is 13.2 Å². The highest BCUT2D eigenvalue weighted by molar-refractivity contribution is 6.30. The van der Waals surface area contributed by atoms with E-state index in [1.54, 1.807) is 33.4 Å². The number of carbonyl (C=O) groups is 1. The zero-order valence-electron chi connectivity index (χ0n) is 15.2. The van der Waals surface area contributed by atoms with Gasteiger partial charge in [-0.05, 0) is 43.3 Å². The largest absolute Gasteiger partial charge is 0.492 e. The van der Waals surface area contributed by atoms with E-state index in [0.717, 1.165) is 11.0 Å². The Kier molecular flexibility index (Phi) is 6.19. The lowest BCUT2D eigenvalue weighted by molar-refractivity contribution is -0.121. The van der Waals surface area contributed by atoms with Gasteiger partial charge in [0.2, 0.25) is 5.91 Å². The van der Waals surface area contributed by atoms with Crippen molar-refractivity contribution in [1.82, 2.24) is 14.5 Å². The number of ether oxygens (including phenoxy) is 1. The van der Waals surface area contributed by atoms with Gasteiger partial charge in [-0.3, -0.25) is 13.9 Å². The van der Waals surface area contributed by atoms with Crippen molar-refractivity contribution in [3.8, 4) is 5.75 Å². The molecule has 3 rings (SSSR count). The highest BCUT2D eigenvalue weighted by atomic mass is 35.5. The van der Waals surface area contributed by atoms with Crippen molar-refractivity contribution < 1.29 is 9.53 Å². The maximum atomic E-state index is 12.5. The molecule has 1 aromatic heterocycles. The van der Waals surface area contributed by atoms with Crippen LogP contribution in [-0.4, -0.2) is 28.2 Å². The molecule has 142 valence electrons. The fourth-order valence-corrected chi connectivity index (χ4v) is 3.11. The van der Waals surface area contributed by atoms with Crippen LogP contribution in [0.15, 0.2) is 53.3 Å². The second kappa shape index (κ2) is 8.77. The Morgan fingerprint density at radius 1 is 1.07 bits per heavy atom. The molecule has 0 atom stereocenters. The zero-order chi connectivity index (χ0) is 19.2. The molecule has 0 aliphatic rings. The van der Waals surface area contributed by atoms with Crippen molar-refractivity contribution in [2.45, 2.75) is 26.4 Å². The first-order valence-corrected chi connectivity index (χ1v) is 9.31. The van der Waals surface area contributed by atoms with Crippen LogP contribution in [0.1, 0.15) is 13.3 Å². The minimum absolute atomic E-state index is 0.0856. The van der Waals surface area contributed by atoms with Crippen LogP contribution in [0.5, 0.6) is 5.75 Å². The average Bonchev–Trinajstić information content (AvgIpc) is 2.95. The summed E-state index contributed by atoms with van der Waals surface area (Å²) in [5.74, 6) is 0.586. The summed E-state index contributed by atoms with van der Waals surface area (Å²) < 4.78 is 8.91. The van der Waals surface area contributed by atoms with Gasteiger partial charge in [0, 0.05) is 24.5 Å². The average molecular weight is 388 g/mol. The summed E-state index contributed by atoms with van der Waals surface area (Å²) in [5.41, 5.74) is 1.66. The lowest BCUT2D eigenvalue weighted by Gasteiger charge is -2.08. The molecule has 0 saturated carbocycles. The molecule has 0 bridgehead atoms. The molecule has 0 unspecified atom stereocenters. The van der Waals surface area contributed by atoms with Gasteiger partial charge in [-0.1, -0.05) is 23.7 Å². The molecule has 6 nitrogen and oxygen atoms in total. The first kappa shape index (κ1) is 19.0. The van der Waals surface area contributed by atoms with E-state index < -0.39 is 0 Å². The number of benzene rings is 2. The van der Waals surface area contributed by atoms with Crippen LogP contribution in [0, 0.1) is 0 Å². The Morgan fingerprint density at radius 2 is 1.74 bits per heavy atom. The molecular formula is C20H22ClN3O3.